The monoisotopic (exact) mass is 572 g/mol. The molecule has 3 aliphatic heterocycles. The zero-order valence-corrected chi connectivity index (χ0v) is 23.8. The van der Waals surface area contributed by atoms with Gasteiger partial charge in [0.05, 0.1) is 12.0 Å². The maximum atomic E-state index is 14.9. The van der Waals surface area contributed by atoms with Crippen LogP contribution in [-0.2, 0) is 16.6 Å². The number of nitrogens with one attached hydrogen (secondary N) is 1. The first-order chi connectivity index (χ1) is 20.4. The van der Waals surface area contributed by atoms with Gasteiger partial charge in [0.25, 0.3) is 0 Å². The molecule has 7 rings (SSSR count). The Balaban J connectivity index is 1.50. The van der Waals surface area contributed by atoms with Crippen molar-refractivity contribution in [2.24, 2.45) is 5.92 Å². The molecule has 4 atom stereocenters. The number of para-hydroxylation sites is 1. The summed E-state index contributed by atoms with van der Waals surface area (Å²) in [6, 6.07) is 28.2. The molecule has 0 unspecified atom stereocenters. The molecule has 1 fully saturated rings. The fourth-order valence-corrected chi connectivity index (χ4v) is 7.41. The molecule has 1 amide bonds. The maximum absolute atomic E-state index is 14.9. The first-order valence-electron chi connectivity index (χ1n) is 14.3. The highest BCUT2D eigenvalue weighted by atomic mass is 35.5. The number of benzene rings is 4. The van der Waals surface area contributed by atoms with E-state index >= 15 is 0 Å². The van der Waals surface area contributed by atoms with E-state index < -0.39 is 23.4 Å². The SMILES string of the molecule is CCCc1ccc(C(=O)[C@@H]2[C@H](C(=O)c3ccccc3)N3c4ccc(Cl)cc4C=C[C@H]3[C@@]23C(=O)Nc2ccccc23)cc1. The zero-order valence-electron chi connectivity index (χ0n) is 23.1. The second kappa shape index (κ2) is 10.1. The molecule has 1 saturated heterocycles. The summed E-state index contributed by atoms with van der Waals surface area (Å²) >= 11 is 6.38. The number of fused-ring (bicyclic) bond motifs is 6. The number of carbonyl (C=O) groups is 3. The zero-order chi connectivity index (χ0) is 29.0. The fourth-order valence-electron chi connectivity index (χ4n) is 7.23. The molecule has 5 nitrogen and oxygen atoms in total. The smallest absolute Gasteiger partial charge is 0.238 e. The van der Waals surface area contributed by atoms with Gasteiger partial charge in [0.1, 0.15) is 11.5 Å². The van der Waals surface area contributed by atoms with Gasteiger partial charge in [-0.2, -0.15) is 0 Å². The highest BCUT2D eigenvalue weighted by Crippen LogP contribution is 2.58. The minimum Gasteiger partial charge on any atom is -0.352 e. The fraction of sp³-hybridized carbons (Fsp3) is 0.194. The van der Waals surface area contributed by atoms with Gasteiger partial charge in [0.2, 0.25) is 5.91 Å². The van der Waals surface area contributed by atoms with Crippen molar-refractivity contribution in [3.05, 3.63) is 136 Å². The van der Waals surface area contributed by atoms with Gasteiger partial charge < -0.3 is 10.2 Å². The summed E-state index contributed by atoms with van der Waals surface area (Å²) < 4.78 is 0. The third-order valence-electron chi connectivity index (χ3n) is 8.98. The molecule has 0 radical (unpaired) electrons. The number of nitrogens with zero attached hydrogens (tertiary/aromatic N) is 1. The average Bonchev–Trinajstić information content (AvgIpc) is 3.49. The number of ketones is 2. The Hall–Kier alpha value is -4.48. The minimum atomic E-state index is -1.33. The van der Waals surface area contributed by atoms with Gasteiger partial charge >= 0.3 is 0 Å². The van der Waals surface area contributed by atoms with Crippen LogP contribution in [0.25, 0.3) is 6.08 Å². The number of aryl methyl sites for hydroxylation is 1. The Bertz CT molecular complexity index is 1760. The van der Waals surface area contributed by atoms with Crippen molar-refractivity contribution in [2.75, 3.05) is 10.2 Å². The van der Waals surface area contributed by atoms with Crippen molar-refractivity contribution in [3.8, 4) is 0 Å². The van der Waals surface area contributed by atoms with Crippen LogP contribution in [-0.4, -0.2) is 29.6 Å². The van der Waals surface area contributed by atoms with Gasteiger partial charge in [0, 0.05) is 27.5 Å². The number of rotatable bonds is 6. The Labute approximate surface area is 249 Å². The van der Waals surface area contributed by atoms with Crippen LogP contribution in [0.5, 0.6) is 0 Å². The predicted molar refractivity (Wildman–Crippen MR) is 166 cm³/mol. The largest absolute Gasteiger partial charge is 0.352 e. The van der Waals surface area contributed by atoms with Crippen LogP contribution in [0.2, 0.25) is 5.02 Å². The molecule has 1 spiro atoms. The van der Waals surface area contributed by atoms with E-state index in [4.69, 9.17) is 11.6 Å². The third kappa shape index (κ3) is 3.80. The Morgan fingerprint density at radius 2 is 1.60 bits per heavy atom. The molecular weight excluding hydrogens is 544 g/mol. The van der Waals surface area contributed by atoms with Crippen LogP contribution < -0.4 is 10.2 Å². The molecule has 42 heavy (non-hydrogen) atoms. The van der Waals surface area contributed by atoms with Gasteiger partial charge in [-0.05, 0) is 47.4 Å². The predicted octanol–water partition coefficient (Wildman–Crippen LogP) is 7.15. The number of halogens is 1. The van der Waals surface area contributed by atoms with Gasteiger partial charge in [-0.3, -0.25) is 14.4 Å². The van der Waals surface area contributed by atoms with Crippen molar-refractivity contribution >= 4 is 46.5 Å². The Morgan fingerprint density at radius 3 is 2.36 bits per heavy atom. The summed E-state index contributed by atoms with van der Waals surface area (Å²) in [5.41, 5.74) is 3.79. The Kier molecular flexibility index (Phi) is 6.36. The molecule has 208 valence electrons. The Morgan fingerprint density at radius 1 is 0.881 bits per heavy atom. The van der Waals surface area contributed by atoms with E-state index in [1.54, 1.807) is 18.2 Å². The molecule has 4 aromatic carbocycles. The number of Topliss-reactive ketones (excluding diaryl/α,β-unsaturated/α-hetero) is 2. The van der Waals surface area contributed by atoms with E-state index in [1.807, 2.05) is 95.9 Å². The van der Waals surface area contributed by atoms with E-state index in [1.165, 1.54) is 0 Å². The van der Waals surface area contributed by atoms with Gasteiger partial charge in [-0.1, -0.05) is 110 Å². The van der Waals surface area contributed by atoms with Crippen LogP contribution in [0, 0.1) is 5.92 Å². The van der Waals surface area contributed by atoms with E-state index in [2.05, 4.69) is 12.2 Å². The molecule has 3 aliphatic rings. The second-order valence-electron chi connectivity index (χ2n) is 11.2. The first-order valence-corrected chi connectivity index (χ1v) is 14.7. The van der Waals surface area contributed by atoms with Crippen molar-refractivity contribution in [2.45, 2.75) is 37.3 Å². The van der Waals surface area contributed by atoms with E-state index in [-0.39, 0.29) is 17.5 Å². The maximum Gasteiger partial charge on any atom is 0.238 e. The van der Waals surface area contributed by atoms with E-state index in [0.717, 1.165) is 35.2 Å². The lowest BCUT2D eigenvalue weighted by Crippen LogP contribution is -2.51. The molecule has 0 saturated carbocycles. The van der Waals surface area contributed by atoms with Gasteiger partial charge in [-0.25, -0.2) is 0 Å². The van der Waals surface area contributed by atoms with E-state index in [0.29, 0.717) is 21.8 Å². The van der Waals surface area contributed by atoms with Crippen LogP contribution in [0.4, 0.5) is 11.4 Å². The molecule has 1 N–H and O–H groups in total. The first kappa shape index (κ1) is 26.4. The van der Waals surface area contributed by atoms with Crippen molar-refractivity contribution < 1.29 is 14.4 Å². The van der Waals surface area contributed by atoms with Crippen LogP contribution in [0.15, 0.2) is 103 Å². The number of hydrogen-bond acceptors (Lipinski definition) is 4. The molecule has 6 heteroatoms. The van der Waals surface area contributed by atoms with Crippen molar-refractivity contribution in [1.82, 2.24) is 0 Å². The van der Waals surface area contributed by atoms with E-state index in [9.17, 15) is 14.4 Å². The highest BCUT2D eigenvalue weighted by molar-refractivity contribution is 6.31. The molecule has 0 bridgehead atoms. The lowest BCUT2D eigenvalue weighted by molar-refractivity contribution is -0.121. The molecular formula is C36H29ClN2O3. The topological polar surface area (TPSA) is 66.5 Å². The van der Waals surface area contributed by atoms with Crippen molar-refractivity contribution in [1.29, 1.82) is 0 Å². The minimum absolute atomic E-state index is 0.202. The summed E-state index contributed by atoms with van der Waals surface area (Å²) in [4.78, 5) is 45.9. The quantitative estimate of drug-likeness (QED) is 0.249. The van der Waals surface area contributed by atoms with Crippen molar-refractivity contribution in [3.63, 3.8) is 0 Å². The van der Waals surface area contributed by atoms with Crippen LogP contribution in [0.1, 0.15) is 50.8 Å². The number of amides is 1. The lowest BCUT2D eigenvalue weighted by Gasteiger charge is -2.37. The molecule has 0 aliphatic carbocycles. The highest BCUT2D eigenvalue weighted by Gasteiger charge is 2.70. The summed E-state index contributed by atoms with van der Waals surface area (Å²) in [6.07, 6.45) is 5.82. The second-order valence-corrected chi connectivity index (χ2v) is 11.7. The molecule has 3 heterocycles. The molecule has 0 aromatic heterocycles. The number of anilines is 2. The molecule has 4 aromatic rings. The summed E-state index contributed by atoms with van der Waals surface area (Å²) in [5, 5.41) is 3.64. The summed E-state index contributed by atoms with van der Waals surface area (Å²) in [6.45, 7) is 2.12. The lowest BCUT2D eigenvalue weighted by atomic mass is 9.64. The van der Waals surface area contributed by atoms with Gasteiger partial charge in [0.15, 0.2) is 11.6 Å². The number of hydrogen-bond donors (Lipinski definition) is 1. The van der Waals surface area contributed by atoms with Crippen LogP contribution >= 0.6 is 11.6 Å². The third-order valence-corrected chi connectivity index (χ3v) is 9.22. The standard InChI is InChI=1S/C36H29ClN2O3/c1-2-8-22-13-15-24(16-14-22)33(40)31-32(34(41)23-9-4-3-5-10-23)39-29-19-18-26(37)21-25(29)17-20-30(39)36(31)27-11-6-7-12-28(27)38-35(36)42/h3-7,9-21,30-32H,2,8H2,1H3,(H,38,42)/t30-,31-,32+,36+/m0/s1. The normalized spacial score (nSPS) is 23.3. The summed E-state index contributed by atoms with van der Waals surface area (Å²) in [5.74, 6) is -1.70. The number of carbonyl (C=O) groups excluding carboxylic acids is 3. The van der Waals surface area contributed by atoms with Crippen LogP contribution in [0.3, 0.4) is 0 Å². The average molecular weight is 573 g/mol. The van der Waals surface area contributed by atoms with Gasteiger partial charge in [-0.15, -0.1) is 0 Å². The summed E-state index contributed by atoms with van der Waals surface area (Å²) in [7, 11) is 0.